The van der Waals surface area contributed by atoms with E-state index >= 15 is 0 Å². The highest BCUT2D eigenvalue weighted by molar-refractivity contribution is 5.86. The van der Waals surface area contributed by atoms with Crippen LogP contribution in [-0.4, -0.2) is 48.1 Å². The SMILES string of the molecule is O=C(O)C1C2CCC(C2)C1C(=O)N1CCN(c2ccccc2F)CC1. The summed E-state index contributed by atoms with van der Waals surface area (Å²) in [5, 5.41) is 9.55. The molecule has 2 bridgehead atoms. The van der Waals surface area contributed by atoms with Crippen molar-refractivity contribution >= 4 is 17.6 Å². The molecule has 1 heterocycles. The van der Waals surface area contributed by atoms with Crippen molar-refractivity contribution in [3.05, 3.63) is 30.1 Å². The number of fused-ring (bicyclic) bond motifs is 2. The number of aliphatic carboxylic acids is 1. The van der Waals surface area contributed by atoms with Crippen LogP contribution in [0.1, 0.15) is 19.3 Å². The molecule has 0 aromatic heterocycles. The third kappa shape index (κ3) is 2.77. The molecule has 3 fully saturated rings. The van der Waals surface area contributed by atoms with Crippen LogP contribution >= 0.6 is 0 Å². The average molecular weight is 346 g/mol. The van der Waals surface area contributed by atoms with Gasteiger partial charge in [-0.3, -0.25) is 9.59 Å². The first-order valence-corrected chi connectivity index (χ1v) is 9.07. The van der Waals surface area contributed by atoms with Gasteiger partial charge in [0.15, 0.2) is 0 Å². The molecule has 2 aliphatic carbocycles. The lowest BCUT2D eigenvalue weighted by Crippen LogP contribution is -2.52. The highest BCUT2D eigenvalue weighted by atomic mass is 19.1. The maximum absolute atomic E-state index is 13.9. The first-order valence-electron chi connectivity index (χ1n) is 9.07. The van der Waals surface area contributed by atoms with Gasteiger partial charge in [-0.1, -0.05) is 12.1 Å². The van der Waals surface area contributed by atoms with Crippen LogP contribution in [-0.2, 0) is 9.59 Å². The Morgan fingerprint density at radius 3 is 2.28 bits per heavy atom. The molecule has 3 aliphatic rings. The van der Waals surface area contributed by atoms with E-state index in [1.54, 1.807) is 17.0 Å². The van der Waals surface area contributed by atoms with Gasteiger partial charge in [0.05, 0.1) is 17.5 Å². The van der Waals surface area contributed by atoms with E-state index in [0.29, 0.717) is 31.9 Å². The molecule has 1 amide bonds. The van der Waals surface area contributed by atoms with Gasteiger partial charge in [0.1, 0.15) is 5.82 Å². The minimum Gasteiger partial charge on any atom is -0.481 e. The highest BCUT2D eigenvalue weighted by Gasteiger charge is 2.54. The zero-order valence-corrected chi connectivity index (χ0v) is 14.1. The van der Waals surface area contributed by atoms with E-state index in [9.17, 15) is 19.1 Å². The lowest BCUT2D eigenvalue weighted by Gasteiger charge is -2.39. The predicted octanol–water partition coefficient (Wildman–Crippen LogP) is 2.22. The van der Waals surface area contributed by atoms with E-state index in [-0.39, 0.29) is 29.5 Å². The molecule has 1 aromatic rings. The standard InChI is InChI=1S/C19H23FN2O3/c20-14-3-1-2-4-15(14)21-7-9-22(10-8-21)18(23)16-12-5-6-13(11-12)17(16)19(24)25/h1-4,12-13,16-17H,5-11H2,(H,24,25). The molecular weight excluding hydrogens is 323 g/mol. The number of carbonyl (C=O) groups is 2. The number of benzene rings is 1. The Kier molecular flexibility index (Phi) is 4.13. The van der Waals surface area contributed by atoms with E-state index in [0.717, 1.165) is 19.3 Å². The lowest BCUT2D eigenvalue weighted by atomic mass is 9.78. The van der Waals surface area contributed by atoms with Gasteiger partial charge >= 0.3 is 5.97 Å². The third-order valence-corrected chi connectivity index (χ3v) is 6.27. The summed E-state index contributed by atoms with van der Waals surface area (Å²) in [5.41, 5.74) is 0.568. The highest BCUT2D eigenvalue weighted by Crippen LogP contribution is 2.53. The molecular formula is C19H23FN2O3. The van der Waals surface area contributed by atoms with Crippen LogP contribution in [0.15, 0.2) is 24.3 Å². The van der Waals surface area contributed by atoms with Crippen LogP contribution in [0.5, 0.6) is 0 Å². The number of rotatable bonds is 3. The summed E-state index contributed by atoms with van der Waals surface area (Å²) in [6.07, 6.45) is 2.79. The molecule has 25 heavy (non-hydrogen) atoms. The fourth-order valence-electron chi connectivity index (χ4n) is 5.09. The summed E-state index contributed by atoms with van der Waals surface area (Å²) in [4.78, 5) is 28.4. The van der Waals surface area contributed by atoms with Crippen LogP contribution in [0.25, 0.3) is 0 Å². The van der Waals surface area contributed by atoms with Crippen molar-refractivity contribution < 1.29 is 19.1 Å². The maximum atomic E-state index is 13.9. The van der Waals surface area contributed by atoms with E-state index in [4.69, 9.17) is 0 Å². The molecule has 0 radical (unpaired) electrons. The number of carboxylic acid groups (broad SMARTS) is 1. The van der Waals surface area contributed by atoms with Gasteiger partial charge in [-0.25, -0.2) is 4.39 Å². The normalized spacial score (nSPS) is 31.4. The molecule has 134 valence electrons. The third-order valence-electron chi connectivity index (χ3n) is 6.27. The topological polar surface area (TPSA) is 60.9 Å². The smallest absolute Gasteiger partial charge is 0.307 e. The molecule has 6 heteroatoms. The van der Waals surface area contributed by atoms with Gasteiger partial charge < -0.3 is 14.9 Å². The number of amides is 1. The summed E-state index contributed by atoms with van der Waals surface area (Å²) in [6, 6.07) is 6.67. The molecule has 1 aromatic carbocycles. The van der Waals surface area contributed by atoms with Crippen LogP contribution in [0.4, 0.5) is 10.1 Å². The first kappa shape index (κ1) is 16.4. The molecule has 1 N–H and O–H groups in total. The number of nitrogens with zero attached hydrogens (tertiary/aromatic N) is 2. The van der Waals surface area contributed by atoms with Gasteiger partial charge in [-0.05, 0) is 43.2 Å². The molecule has 1 aliphatic heterocycles. The molecule has 4 unspecified atom stereocenters. The van der Waals surface area contributed by atoms with Crippen molar-refractivity contribution in [2.24, 2.45) is 23.7 Å². The zero-order valence-electron chi connectivity index (χ0n) is 14.1. The zero-order chi connectivity index (χ0) is 17.6. The molecule has 4 atom stereocenters. The summed E-state index contributed by atoms with van der Waals surface area (Å²) >= 11 is 0. The summed E-state index contributed by atoms with van der Waals surface area (Å²) in [7, 11) is 0. The van der Waals surface area contributed by atoms with Crippen molar-refractivity contribution in [2.45, 2.75) is 19.3 Å². The van der Waals surface area contributed by atoms with Crippen LogP contribution in [0.3, 0.4) is 0 Å². The molecule has 5 nitrogen and oxygen atoms in total. The monoisotopic (exact) mass is 346 g/mol. The Morgan fingerprint density at radius 2 is 1.64 bits per heavy atom. The van der Waals surface area contributed by atoms with E-state index < -0.39 is 11.9 Å². The van der Waals surface area contributed by atoms with Crippen molar-refractivity contribution in [2.75, 3.05) is 31.1 Å². The number of carbonyl (C=O) groups excluding carboxylic acids is 1. The molecule has 1 saturated heterocycles. The van der Waals surface area contributed by atoms with Gasteiger partial charge in [-0.15, -0.1) is 0 Å². The second-order valence-electron chi connectivity index (χ2n) is 7.49. The van der Waals surface area contributed by atoms with Gasteiger partial charge in [0.25, 0.3) is 0 Å². The molecule has 2 saturated carbocycles. The van der Waals surface area contributed by atoms with E-state index in [1.807, 2.05) is 11.0 Å². The minimum absolute atomic E-state index is 0.00668. The fourth-order valence-corrected chi connectivity index (χ4v) is 5.09. The summed E-state index contributed by atoms with van der Waals surface area (Å²) in [5.74, 6) is -1.57. The number of carboxylic acids is 1. The number of hydrogen-bond acceptors (Lipinski definition) is 3. The Hall–Kier alpha value is -2.11. The van der Waals surface area contributed by atoms with E-state index in [2.05, 4.69) is 0 Å². The number of para-hydroxylation sites is 1. The van der Waals surface area contributed by atoms with Crippen molar-refractivity contribution in [1.82, 2.24) is 4.90 Å². The van der Waals surface area contributed by atoms with Crippen molar-refractivity contribution in [3.8, 4) is 0 Å². The van der Waals surface area contributed by atoms with E-state index in [1.165, 1.54) is 6.07 Å². The molecule has 4 rings (SSSR count). The van der Waals surface area contributed by atoms with Crippen LogP contribution in [0.2, 0.25) is 0 Å². The predicted molar refractivity (Wildman–Crippen MR) is 90.6 cm³/mol. The number of piperazine rings is 1. The molecule has 0 spiro atoms. The quantitative estimate of drug-likeness (QED) is 0.912. The Morgan fingerprint density at radius 1 is 1.00 bits per heavy atom. The number of hydrogen-bond donors (Lipinski definition) is 1. The number of halogens is 1. The average Bonchev–Trinajstić information content (AvgIpc) is 3.23. The Balaban J connectivity index is 1.43. The second kappa shape index (κ2) is 6.32. The van der Waals surface area contributed by atoms with Gasteiger partial charge in [-0.2, -0.15) is 0 Å². The maximum Gasteiger partial charge on any atom is 0.307 e. The van der Waals surface area contributed by atoms with Gasteiger partial charge in [0, 0.05) is 26.2 Å². The summed E-state index contributed by atoms with van der Waals surface area (Å²) < 4.78 is 13.9. The summed E-state index contributed by atoms with van der Waals surface area (Å²) in [6.45, 7) is 2.19. The van der Waals surface area contributed by atoms with Crippen LogP contribution in [0, 0.1) is 29.5 Å². The first-order chi connectivity index (χ1) is 12.1. The van der Waals surface area contributed by atoms with Gasteiger partial charge in [0.2, 0.25) is 5.91 Å². The Labute approximate surface area is 146 Å². The second-order valence-corrected chi connectivity index (χ2v) is 7.49. The number of anilines is 1. The van der Waals surface area contributed by atoms with Crippen LogP contribution < -0.4 is 4.90 Å². The Bertz CT molecular complexity index is 687. The minimum atomic E-state index is -0.824. The van der Waals surface area contributed by atoms with Crippen molar-refractivity contribution in [1.29, 1.82) is 0 Å². The van der Waals surface area contributed by atoms with Crippen molar-refractivity contribution in [3.63, 3.8) is 0 Å². The largest absolute Gasteiger partial charge is 0.481 e. The lowest BCUT2D eigenvalue weighted by molar-refractivity contribution is -0.153. The fraction of sp³-hybridized carbons (Fsp3) is 0.579.